The Balaban J connectivity index is 1.48. The van der Waals surface area contributed by atoms with Crippen LogP contribution < -0.4 is 15.0 Å². The fourth-order valence-electron chi connectivity index (χ4n) is 4.49. The lowest BCUT2D eigenvalue weighted by molar-refractivity contribution is 0.211. The van der Waals surface area contributed by atoms with Crippen molar-refractivity contribution < 1.29 is 4.74 Å². The lowest BCUT2D eigenvalue weighted by Gasteiger charge is -2.48. The monoisotopic (exact) mass is 483 g/mol. The van der Waals surface area contributed by atoms with Gasteiger partial charge in [-0.25, -0.2) is 15.0 Å². The molecule has 36 heavy (non-hydrogen) atoms. The number of anilines is 3. The van der Waals surface area contributed by atoms with Gasteiger partial charge in [-0.2, -0.15) is 5.26 Å². The van der Waals surface area contributed by atoms with Gasteiger partial charge in [-0.3, -0.25) is 0 Å². The third-order valence-corrected chi connectivity index (χ3v) is 6.75. The minimum absolute atomic E-state index is 0.267. The van der Waals surface area contributed by atoms with Gasteiger partial charge in [0.15, 0.2) is 11.6 Å². The van der Waals surface area contributed by atoms with Crippen LogP contribution in [0.4, 0.5) is 17.5 Å². The predicted octanol–water partition coefficient (Wildman–Crippen LogP) is 4.26. The van der Waals surface area contributed by atoms with Crippen molar-refractivity contribution in [2.75, 3.05) is 29.9 Å². The second kappa shape index (κ2) is 9.07. The molecule has 0 spiro atoms. The molecular weight excluding hydrogens is 454 g/mol. The fraction of sp³-hybridized carbons (Fsp3) is 0.385. The lowest BCUT2D eigenvalue weighted by atomic mass is 9.72. The van der Waals surface area contributed by atoms with E-state index >= 15 is 0 Å². The van der Waals surface area contributed by atoms with Crippen LogP contribution in [0.5, 0.6) is 5.75 Å². The van der Waals surface area contributed by atoms with Crippen molar-refractivity contribution in [3.63, 3.8) is 0 Å². The Morgan fingerprint density at radius 3 is 2.69 bits per heavy atom. The molecule has 10 nitrogen and oxygen atoms in total. The highest BCUT2D eigenvalue weighted by molar-refractivity contribution is 5.90. The third-order valence-electron chi connectivity index (χ3n) is 6.75. The molecule has 0 radical (unpaired) electrons. The summed E-state index contributed by atoms with van der Waals surface area (Å²) >= 11 is 0. The van der Waals surface area contributed by atoms with Gasteiger partial charge in [0, 0.05) is 43.0 Å². The molecule has 0 saturated carbocycles. The van der Waals surface area contributed by atoms with Crippen molar-refractivity contribution in [1.82, 2.24) is 29.7 Å². The van der Waals surface area contributed by atoms with Crippen LogP contribution in [-0.4, -0.2) is 49.4 Å². The Morgan fingerprint density at radius 1 is 1.22 bits per heavy atom. The van der Waals surface area contributed by atoms with Crippen molar-refractivity contribution in [2.45, 2.75) is 27.7 Å². The van der Waals surface area contributed by atoms with Crippen LogP contribution >= 0.6 is 0 Å². The van der Waals surface area contributed by atoms with Crippen LogP contribution in [0.25, 0.3) is 22.3 Å². The first kappa shape index (κ1) is 23.5. The number of nitrogens with one attached hydrogen (secondary N) is 1. The first-order chi connectivity index (χ1) is 17.3. The topological polar surface area (TPSA) is 118 Å². The number of nitrogens with zero attached hydrogens (tertiary/aromatic N) is 8. The zero-order chi connectivity index (χ0) is 25.4. The zero-order valence-electron chi connectivity index (χ0n) is 21.1. The van der Waals surface area contributed by atoms with Gasteiger partial charge in [0.1, 0.15) is 17.6 Å². The smallest absolute Gasteiger partial charge is 0.227 e. The predicted molar refractivity (Wildman–Crippen MR) is 138 cm³/mol. The van der Waals surface area contributed by atoms with Gasteiger partial charge in [0.25, 0.3) is 0 Å². The average molecular weight is 484 g/mol. The quantitative estimate of drug-likeness (QED) is 0.411. The molecule has 10 heteroatoms. The van der Waals surface area contributed by atoms with E-state index in [4.69, 9.17) is 14.7 Å². The van der Waals surface area contributed by atoms with Crippen molar-refractivity contribution in [2.24, 2.45) is 18.4 Å². The summed E-state index contributed by atoms with van der Waals surface area (Å²) < 4.78 is 7.77. The molecule has 1 saturated heterocycles. The Hall–Kier alpha value is -4.26. The zero-order valence-corrected chi connectivity index (χ0v) is 21.1. The van der Waals surface area contributed by atoms with E-state index in [9.17, 15) is 5.26 Å². The summed E-state index contributed by atoms with van der Waals surface area (Å²) in [6, 6.07) is 10.3. The Morgan fingerprint density at radius 2 is 2.03 bits per heavy atom. The second-order valence-corrected chi connectivity index (χ2v) is 9.53. The molecule has 0 atom stereocenters. The number of fused-ring (bicyclic) bond motifs is 1. The van der Waals surface area contributed by atoms with Gasteiger partial charge in [-0.05, 0) is 44.0 Å². The van der Waals surface area contributed by atoms with Crippen LogP contribution in [0.15, 0.2) is 36.8 Å². The van der Waals surface area contributed by atoms with Crippen LogP contribution in [-0.2, 0) is 7.05 Å². The second-order valence-electron chi connectivity index (χ2n) is 9.53. The number of pyridine rings is 1. The van der Waals surface area contributed by atoms with E-state index in [1.54, 1.807) is 12.5 Å². The Labute approximate surface area is 210 Å². The average Bonchev–Trinajstić information content (AvgIpc) is 3.25. The maximum Gasteiger partial charge on any atom is 0.227 e. The molecule has 0 bridgehead atoms. The third kappa shape index (κ3) is 4.06. The first-order valence-electron chi connectivity index (χ1n) is 12.0. The van der Waals surface area contributed by atoms with E-state index in [-0.39, 0.29) is 11.3 Å². The molecule has 1 fully saturated rings. The molecular formula is C26H29N9O. The van der Waals surface area contributed by atoms with Gasteiger partial charge in [-0.1, -0.05) is 13.8 Å². The van der Waals surface area contributed by atoms with E-state index in [1.165, 1.54) is 0 Å². The molecule has 1 aliphatic heterocycles. The number of ether oxygens (including phenoxy) is 1. The molecule has 4 heterocycles. The molecule has 1 aliphatic rings. The number of nitriles is 1. The van der Waals surface area contributed by atoms with Gasteiger partial charge in [0.05, 0.1) is 23.8 Å². The number of rotatable bonds is 7. The summed E-state index contributed by atoms with van der Waals surface area (Å²) in [7, 11) is 1.90. The van der Waals surface area contributed by atoms with E-state index in [0.717, 1.165) is 39.5 Å². The van der Waals surface area contributed by atoms with Crippen molar-refractivity contribution in [3.05, 3.63) is 42.5 Å². The van der Waals surface area contributed by atoms with E-state index in [1.807, 2.05) is 49.7 Å². The Kier molecular flexibility index (Phi) is 5.92. The summed E-state index contributed by atoms with van der Waals surface area (Å²) in [4.78, 5) is 16.3. The maximum atomic E-state index is 9.76. The highest BCUT2D eigenvalue weighted by atomic mass is 16.5. The molecule has 0 aliphatic carbocycles. The molecule has 4 aromatic rings. The summed E-state index contributed by atoms with van der Waals surface area (Å²) in [5, 5.41) is 22.1. The van der Waals surface area contributed by atoms with Crippen LogP contribution in [0.3, 0.4) is 0 Å². The molecule has 1 aromatic carbocycles. The summed E-state index contributed by atoms with van der Waals surface area (Å²) in [5.41, 5.74) is 2.93. The summed E-state index contributed by atoms with van der Waals surface area (Å²) in [5.74, 6) is 2.91. The van der Waals surface area contributed by atoms with Crippen molar-refractivity contribution in [3.8, 4) is 23.2 Å². The van der Waals surface area contributed by atoms with Crippen LogP contribution in [0.1, 0.15) is 26.5 Å². The molecule has 184 valence electrons. The fourth-order valence-corrected chi connectivity index (χ4v) is 4.49. The standard InChI is InChI=1S/C26H29N9O/c1-6-36-21-10-18(23-33-29-15-34(23)5)7-8-20(21)31-25-28-11-19-9-17(4)30-24(22(19)32-25)35-13-26(12-27,14-35)16(2)3/h7-11,15-16H,6,13-14H2,1-5H3,(H,28,31,32). The van der Waals surface area contributed by atoms with Crippen LogP contribution in [0, 0.1) is 29.6 Å². The largest absolute Gasteiger partial charge is 0.492 e. The number of aryl methyl sites for hydroxylation is 2. The molecule has 3 aromatic heterocycles. The van der Waals surface area contributed by atoms with Gasteiger partial charge < -0.3 is 19.5 Å². The SMILES string of the molecule is CCOc1cc(-c2nncn2C)ccc1Nc1ncc2cc(C)nc(N3CC(C#N)(C(C)C)C3)c2n1. The highest BCUT2D eigenvalue weighted by Crippen LogP contribution is 2.41. The van der Waals surface area contributed by atoms with E-state index in [2.05, 4.69) is 45.3 Å². The number of benzene rings is 1. The summed E-state index contributed by atoms with van der Waals surface area (Å²) in [6.45, 7) is 9.87. The molecule has 5 rings (SSSR count). The number of aromatic nitrogens is 6. The minimum atomic E-state index is -0.358. The van der Waals surface area contributed by atoms with Gasteiger partial charge in [0.2, 0.25) is 5.95 Å². The Bertz CT molecular complexity index is 1460. The molecule has 0 unspecified atom stereocenters. The van der Waals surface area contributed by atoms with Gasteiger partial charge in [-0.15, -0.1) is 10.2 Å². The molecule has 1 N–H and O–H groups in total. The maximum absolute atomic E-state index is 9.76. The van der Waals surface area contributed by atoms with Crippen molar-refractivity contribution in [1.29, 1.82) is 5.26 Å². The van der Waals surface area contributed by atoms with E-state index < -0.39 is 0 Å². The minimum Gasteiger partial charge on any atom is -0.492 e. The lowest BCUT2D eigenvalue weighted by Crippen LogP contribution is -2.58. The van der Waals surface area contributed by atoms with Crippen LogP contribution in [0.2, 0.25) is 0 Å². The van der Waals surface area contributed by atoms with E-state index in [0.29, 0.717) is 31.4 Å². The van der Waals surface area contributed by atoms with Crippen molar-refractivity contribution >= 4 is 28.4 Å². The summed E-state index contributed by atoms with van der Waals surface area (Å²) in [6.07, 6.45) is 3.47. The normalized spacial score (nSPS) is 14.5. The first-order valence-corrected chi connectivity index (χ1v) is 12.0. The number of hydrogen-bond acceptors (Lipinski definition) is 9. The molecule has 0 amide bonds. The highest BCUT2D eigenvalue weighted by Gasteiger charge is 2.47. The number of hydrogen-bond donors (Lipinski definition) is 1. The van der Waals surface area contributed by atoms with Gasteiger partial charge >= 0.3 is 0 Å².